The Morgan fingerprint density at radius 2 is 2.04 bits per heavy atom. The average Bonchev–Trinajstić information content (AvgIpc) is 3.12. The van der Waals surface area contributed by atoms with Gasteiger partial charge >= 0.3 is 0 Å². The van der Waals surface area contributed by atoms with Crippen LogP contribution in [0.15, 0.2) is 61.1 Å². The smallest absolute Gasteiger partial charge is 0.227 e. The fraction of sp³-hybridized carbons (Fsp3) is 0.250. The Labute approximate surface area is 146 Å². The number of fused-ring (bicyclic) bond motifs is 1. The Balaban J connectivity index is 1.41. The molecule has 5 nitrogen and oxygen atoms in total. The molecule has 1 fully saturated rings. The van der Waals surface area contributed by atoms with E-state index in [1.54, 1.807) is 18.6 Å². The van der Waals surface area contributed by atoms with Gasteiger partial charge < -0.3 is 9.64 Å². The fourth-order valence-electron chi connectivity index (χ4n) is 3.19. The molecule has 0 unspecified atom stereocenters. The topological polar surface area (TPSA) is 55.3 Å². The molecule has 1 aromatic carbocycles. The molecule has 1 amide bonds. The first-order valence-electron chi connectivity index (χ1n) is 8.47. The summed E-state index contributed by atoms with van der Waals surface area (Å²) in [7, 11) is 0. The molecule has 3 aromatic rings. The van der Waals surface area contributed by atoms with E-state index in [1.807, 2.05) is 47.4 Å². The second-order valence-electron chi connectivity index (χ2n) is 6.24. The highest BCUT2D eigenvalue weighted by Crippen LogP contribution is 2.26. The molecule has 1 aliphatic rings. The number of para-hydroxylation sites is 1. The Bertz CT molecular complexity index is 877. The molecular formula is C20H19N3O2. The summed E-state index contributed by atoms with van der Waals surface area (Å²) in [6, 6.07) is 13.7. The molecule has 0 N–H and O–H groups in total. The lowest BCUT2D eigenvalue weighted by atomic mass is 10.2. The highest BCUT2D eigenvalue weighted by molar-refractivity contribution is 5.84. The van der Waals surface area contributed by atoms with Crippen molar-refractivity contribution in [3.8, 4) is 5.75 Å². The molecule has 5 heteroatoms. The van der Waals surface area contributed by atoms with Crippen molar-refractivity contribution in [1.29, 1.82) is 0 Å². The second-order valence-corrected chi connectivity index (χ2v) is 6.24. The van der Waals surface area contributed by atoms with E-state index in [9.17, 15) is 4.79 Å². The van der Waals surface area contributed by atoms with Crippen LogP contribution in [0.3, 0.4) is 0 Å². The summed E-state index contributed by atoms with van der Waals surface area (Å²) < 4.78 is 6.15. The van der Waals surface area contributed by atoms with Gasteiger partial charge in [-0.15, -0.1) is 0 Å². The van der Waals surface area contributed by atoms with E-state index in [0.29, 0.717) is 13.0 Å². The molecular weight excluding hydrogens is 314 g/mol. The van der Waals surface area contributed by atoms with Crippen LogP contribution in [0.4, 0.5) is 0 Å². The van der Waals surface area contributed by atoms with E-state index in [0.717, 1.165) is 35.2 Å². The van der Waals surface area contributed by atoms with Crippen LogP contribution in [0.2, 0.25) is 0 Å². The Kier molecular flexibility index (Phi) is 4.29. The van der Waals surface area contributed by atoms with E-state index >= 15 is 0 Å². The van der Waals surface area contributed by atoms with E-state index in [-0.39, 0.29) is 12.0 Å². The van der Waals surface area contributed by atoms with Crippen LogP contribution in [0, 0.1) is 0 Å². The molecule has 4 rings (SSSR count). The molecule has 0 radical (unpaired) electrons. The molecule has 0 spiro atoms. The lowest BCUT2D eigenvalue weighted by molar-refractivity contribution is -0.129. The second kappa shape index (κ2) is 6.89. The highest BCUT2D eigenvalue weighted by atomic mass is 16.5. The normalized spacial score (nSPS) is 17.0. The maximum Gasteiger partial charge on any atom is 0.227 e. The Morgan fingerprint density at radius 1 is 1.16 bits per heavy atom. The molecule has 0 aliphatic carbocycles. The lowest BCUT2D eigenvalue weighted by Crippen LogP contribution is -2.32. The number of benzene rings is 1. The first kappa shape index (κ1) is 15.6. The van der Waals surface area contributed by atoms with Crippen LogP contribution in [-0.4, -0.2) is 40.0 Å². The summed E-state index contributed by atoms with van der Waals surface area (Å²) >= 11 is 0. The van der Waals surface area contributed by atoms with Gasteiger partial charge in [0.25, 0.3) is 0 Å². The van der Waals surface area contributed by atoms with Crippen molar-refractivity contribution in [2.24, 2.45) is 0 Å². The summed E-state index contributed by atoms with van der Waals surface area (Å²) in [4.78, 5) is 22.8. The van der Waals surface area contributed by atoms with Gasteiger partial charge in [0, 0.05) is 36.9 Å². The van der Waals surface area contributed by atoms with Gasteiger partial charge in [-0.1, -0.05) is 24.3 Å². The number of nitrogens with zero attached hydrogens (tertiary/aromatic N) is 3. The predicted octanol–water partition coefficient (Wildman–Crippen LogP) is 2.85. The third kappa shape index (κ3) is 3.45. The van der Waals surface area contributed by atoms with Crippen molar-refractivity contribution in [2.75, 3.05) is 13.1 Å². The SMILES string of the molecule is O=C(Cc1cccnc1)N1CC[C@@H](Oc2cccc3cccnc23)C1. The molecule has 3 heterocycles. The van der Waals surface area contributed by atoms with Crippen LogP contribution in [0.5, 0.6) is 5.75 Å². The minimum absolute atomic E-state index is 0.00505. The van der Waals surface area contributed by atoms with Gasteiger partial charge in [-0.25, -0.2) is 0 Å². The van der Waals surface area contributed by atoms with Crippen molar-refractivity contribution in [2.45, 2.75) is 18.9 Å². The number of rotatable bonds is 4. The summed E-state index contributed by atoms with van der Waals surface area (Å²) in [5.41, 5.74) is 1.81. The van der Waals surface area contributed by atoms with Crippen molar-refractivity contribution in [3.05, 3.63) is 66.6 Å². The van der Waals surface area contributed by atoms with Crippen molar-refractivity contribution >= 4 is 16.8 Å². The van der Waals surface area contributed by atoms with E-state index in [1.165, 1.54) is 0 Å². The maximum absolute atomic E-state index is 12.5. The van der Waals surface area contributed by atoms with Gasteiger partial charge in [0.15, 0.2) is 0 Å². The van der Waals surface area contributed by atoms with Crippen molar-refractivity contribution in [3.63, 3.8) is 0 Å². The molecule has 2 aromatic heterocycles. The van der Waals surface area contributed by atoms with E-state index < -0.39 is 0 Å². The number of aromatic nitrogens is 2. The summed E-state index contributed by atoms with van der Waals surface area (Å²) in [6.07, 6.45) is 6.45. The van der Waals surface area contributed by atoms with Gasteiger partial charge in [0.1, 0.15) is 17.4 Å². The lowest BCUT2D eigenvalue weighted by Gasteiger charge is -2.18. The molecule has 0 bridgehead atoms. The molecule has 1 aliphatic heterocycles. The molecule has 25 heavy (non-hydrogen) atoms. The van der Waals surface area contributed by atoms with Crippen LogP contribution < -0.4 is 4.74 Å². The zero-order valence-electron chi connectivity index (χ0n) is 13.8. The van der Waals surface area contributed by atoms with Crippen LogP contribution >= 0.6 is 0 Å². The Morgan fingerprint density at radius 3 is 2.92 bits per heavy atom. The average molecular weight is 333 g/mol. The quantitative estimate of drug-likeness (QED) is 0.737. The third-order valence-electron chi connectivity index (χ3n) is 4.47. The number of pyridine rings is 2. The molecule has 1 saturated heterocycles. The van der Waals surface area contributed by atoms with Crippen molar-refractivity contribution in [1.82, 2.24) is 14.9 Å². The molecule has 0 saturated carbocycles. The third-order valence-corrected chi connectivity index (χ3v) is 4.47. The van der Waals surface area contributed by atoms with Gasteiger partial charge in [-0.2, -0.15) is 0 Å². The number of likely N-dealkylation sites (tertiary alicyclic amines) is 1. The highest BCUT2D eigenvalue weighted by Gasteiger charge is 2.28. The zero-order chi connectivity index (χ0) is 17.1. The summed E-state index contributed by atoms with van der Waals surface area (Å²) in [5.74, 6) is 0.903. The fourth-order valence-corrected chi connectivity index (χ4v) is 3.19. The standard InChI is InChI=1S/C20H19N3O2/c24-19(12-15-4-2-9-21-13-15)23-11-8-17(14-23)25-18-7-1-5-16-6-3-10-22-20(16)18/h1-7,9-10,13,17H,8,11-12,14H2/t17-/m1/s1. The minimum atomic E-state index is 0.00505. The van der Waals surface area contributed by atoms with Gasteiger partial charge in [0.2, 0.25) is 5.91 Å². The molecule has 126 valence electrons. The number of hydrogen-bond acceptors (Lipinski definition) is 4. The summed E-state index contributed by atoms with van der Waals surface area (Å²) in [5, 5.41) is 1.06. The first-order chi connectivity index (χ1) is 12.3. The Hall–Kier alpha value is -2.95. The number of ether oxygens (including phenoxy) is 1. The number of carbonyl (C=O) groups excluding carboxylic acids is 1. The van der Waals surface area contributed by atoms with Crippen molar-refractivity contribution < 1.29 is 9.53 Å². The predicted molar refractivity (Wildman–Crippen MR) is 95.3 cm³/mol. The number of amides is 1. The monoisotopic (exact) mass is 333 g/mol. The van der Waals surface area contributed by atoms with Gasteiger partial charge in [-0.3, -0.25) is 14.8 Å². The van der Waals surface area contributed by atoms with E-state index in [2.05, 4.69) is 9.97 Å². The summed E-state index contributed by atoms with van der Waals surface area (Å²) in [6.45, 7) is 1.34. The van der Waals surface area contributed by atoms with Gasteiger partial charge in [0.05, 0.1) is 13.0 Å². The van der Waals surface area contributed by atoms with Crippen LogP contribution in [-0.2, 0) is 11.2 Å². The number of hydrogen-bond donors (Lipinski definition) is 0. The first-order valence-corrected chi connectivity index (χ1v) is 8.47. The largest absolute Gasteiger partial charge is 0.486 e. The maximum atomic E-state index is 12.5. The molecule has 1 atom stereocenters. The van der Waals surface area contributed by atoms with Gasteiger partial charge in [-0.05, 0) is 23.8 Å². The van der Waals surface area contributed by atoms with Crippen LogP contribution in [0.1, 0.15) is 12.0 Å². The zero-order valence-corrected chi connectivity index (χ0v) is 13.8. The number of carbonyl (C=O) groups is 1. The minimum Gasteiger partial charge on any atom is -0.486 e. The van der Waals surface area contributed by atoms with Crippen LogP contribution in [0.25, 0.3) is 10.9 Å². The van der Waals surface area contributed by atoms with E-state index in [4.69, 9.17) is 4.74 Å².